The van der Waals surface area contributed by atoms with Gasteiger partial charge in [0.05, 0.1) is 12.0 Å². The van der Waals surface area contributed by atoms with E-state index in [4.69, 9.17) is 4.74 Å². The van der Waals surface area contributed by atoms with Gasteiger partial charge in [-0.05, 0) is 61.6 Å². The highest BCUT2D eigenvalue weighted by molar-refractivity contribution is 7.89. The Morgan fingerprint density at radius 1 is 1.04 bits per heavy atom. The van der Waals surface area contributed by atoms with E-state index in [9.17, 15) is 8.42 Å². The second kappa shape index (κ2) is 7.36. The normalized spacial score (nSPS) is 12.9. The first-order valence-corrected chi connectivity index (χ1v) is 9.51. The summed E-state index contributed by atoms with van der Waals surface area (Å²) >= 11 is 0. The Balaban J connectivity index is 2.35. The van der Waals surface area contributed by atoms with Crippen LogP contribution in [0, 0.1) is 20.8 Å². The maximum Gasteiger partial charge on any atom is 0.241 e. The minimum Gasteiger partial charge on any atom is -0.496 e. The molecule has 1 N–H and O–H groups in total. The summed E-state index contributed by atoms with van der Waals surface area (Å²) in [5.74, 6) is 0.797. The highest BCUT2D eigenvalue weighted by Crippen LogP contribution is 2.26. The minimum absolute atomic E-state index is 0.278. The summed E-state index contributed by atoms with van der Waals surface area (Å²) in [6.07, 6.45) is 0.663. The molecule has 0 aliphatic rings. The summed E-state index contributed by atoms with van der Waals surface area (Å²) in [6.45, 7) is 7.62. The molecule has 2 rings (SSSR count). The van der Waals surface area contributed by atoms with Gasteiger partial charge in [-0.2, -0.15) is 0 Å². The van der Waals surface area contributed by atoms with Crippen LogP contribution < -0.4 is 9.46 Å². The van der Waals surface area contributed by atoms with E-state index in [2.05, 4.69) is 4.72 Å². The summed E-state index contributed by atoms with van der Waals surface area (Å²) in [6, 6.07) is 10.9. The van der Waals surface area contributed by atoms with Crippen molar-refractivity contribution in [3.05, 3.63) is 58.7 Å². The Hall–Kier alpha value is -1.85. The van der Waals surface area contributed by atoms with E-state index in [-0.39, 0.29) is 6.04 Å². The molecule has 2 aromatic rings. The Kier molecular flexibility index (Phi) is 5.67. The number of sulfonamides is 1. The zero-order valence-electron chi connectivity index (χ0n) is 14.9. The van der Waals surface area contributed by atoms with Gasteiger partial charge in [0.15, 0.2) is 0 Å². The van der Waals surface area contributed by atoms with Crippen LogP contribution in [0.4, 0.5) is 0 Å². The average molecular weight is 347 g/mol. The maximum atomic E-state index is 12.8. The number of ether oxygens (including phenoxy) is 1. The Bertz CT molecular complexity index is 829. The largest absolute Gasteiger partial charge is 0.496 e. The summed E-state index contributed by atoms with van der Waals surface area (Å²) < 4.78 is 33.8. The molecule has 2 aromatic carbocycles. The Morgan fingerprint density at radius 3 is 2.33 bits per heavy atom. The van der Waals surface area contributed by atoms with Crippen molar-refractivity contribution < 1.29 is 13.2 Å². The van der Waals surface area contributed by atoms with E-state index in [0.717, 1.165) is 28.0 Å². The maximum absolute atomic E-state index is 12.8. The van der Waals surface area contributed by atoms with Crippen LogP contribution in [-0.4, -0.2) is 15.5 Å². The predicted octanol–water partition coefficient (Wildman–Crippen LogP) is 4.05. The van der Waals surface area contributed by atoms with Crippen LogP contribution in [0.3, 0.4) is 0 Å². The molecule has 130 valence electrons. The summed E-state index contributed by atoms with van der Waals surface area (Å²) in [4.78, 5) is 0.339. The second-order valence-electron chi connectivity index (χ2n) is 6.08. The SMILES string of the molecule is CCC(NS(=O)(=O)c1cc(C)ccc1C)c1ccc(OC)c(C)c1. The number of hydrogen-bond donors (Lipinski definition) is 1. The molecule has 1 atom stereocenters. The van der Waals surface area contributed by atoms with Gasteiger partial charge in [-0.1, -0.05) is 31.2 Å². The van der Waals surface area contributed by atoms with Gasteiger partial charge in [0.25, 0.3) is 0 Å². The van der Waals surface area contributed by atoms with Gasteiger partial charge in [0.2, 0.25) is 10.0 Å². The highest BCUT2D eigenvalue weighted by atomic mass is 32.2. The van der Waals surface area contributed by atoms with Crippen LogP contribution in [0.25, 0.3) is 0 Å². The lowest BCUT2D eigenvalue weighted by Crippen LogP contribution is -2.29. The molecule has 0 fully saturated rings. The second-order valence-corrected chi connectivity index (χ2v) is 7.76. The fourth-order valence-electron chi connectivity index (χ4n) is 2.75. The molecule has 0 amide bonds. The van der Waals surface area contributed by atoms with Crippen molar-refractivity contribution >= 4 is 10.0 Å². The quantitative estimate of drug-likeness (QED) is 0.858. The van der Waals surface area contributed by atoms with Crippen molar-refractivity contribution in [3.63, 3.8) is 0 Å². The van der Waals surface area contributed by atoms with Gasteiger partial charge in [0.1, 0.15) is 5.75 Å². The van der Waals surface area contributed by atoms with E-state index >= 15 is 0 Å². The van der Waals surface area contributed by atoms with Gasteiger partial charge >= 0.3 is 0 Å². The van der Waals surface area contributed by atoms with Crippen LogP contribution >= 0.6 is 0 Å². The topological polar surface area (TPSA) is 55.4 Å². The molecule has 0 spiro atoms. The predicted molar refractivity (Wildman–Crippen MR) is 97.0 cm³/mol. The van der Waals surface area contributed by atoms with Gasteiger partial charge < -0.3 is 4.74 Å². The molecule has 0 radical (unpaired) electrons. The lowest BCUT2D eigenvalue weighted by Gasteiger charge is -2.20. The molecule has 0 aromatic heterocycles. The smallest absolute Gasteiger partial charge is 0.241 e. The summed E-state index contributed by atoms with van der Waals surface area (Å²) in [5, 5.41) is 0. The van der Waals surface area contributed by atoms with Crippen LogP contribution in [-0.2, 0) is 10.0 Å². The fraction of sp³-hybridized carbons (Fsp3) is 0.368. The van der Waals surface area contributed by atoms with E-state index in [1.165, 1.54) is 0 Å². The molecule has 1 unspecified atom stereocenters. The highest BCUT2D eigenvalue weighted by Gasteiger charge is 2.22. The molecule has 0 saturated heterocycles. The third kappa shape index (κ3) is 3.97. The molecule has 0 saturated carbocycles. The van der Waals surface area contributed by atoms with Crippen molar-refractivity contribution in [2.45, 2.75) is 45.1 Å². The van der Waals surface area contributed by atoms with Gasteiger partial charge in [-0.3, -0.25) is 0 Å². The molecular formula is C19H25NO3S. The van der Waals surface area contributed by atoms with Gasteiger partial charge in [0, 0.05) is 6.04 Å². The summed E-state index contributed by atoms with van der Waals surface area (Å²) in [7, 11) is -1.96. The van der Waals surface area contributed by atoms with Crippen LogP contribution in [0.2, 0.25) is 0 Å². The monoisotopic (exact) mass is 347 g/mol. The van der Waals surface area contributed by atoms with Crippen molar-refractivity contribution in [3.8, 4) is 5.75 Å². The Labute approximate surface area is 144 Å². The number of nitrogens with one attached hydrogen (secondary N) is 1. The molecule has 5 heteroatoms. The van der Waals surface area contributed by atoms with E-state index in [1.807, 2.05) is 58.0 Å². The molecule has 4 nitrogen and oxygen atoms in total. The van der Waals surface area contributed by atoms with Crippen LogP contribution in [0.5, 0.6) is 5.75 Å². The molecule has 0 heterocycles. The zero-order chi connectivity index (χ0) is 17.9. The third-order valence-electron chi connectivity index (χ3n) is 4.16. The lowest BCUT2D eigenvalue weighted by atomic mass is 10.0. The standard InChI is InChI=1S/C19H25NO3S/c1-6-17(16-9-10-18(23-5)15(4)12-16)20-24(21,22)19-11-13(2)7-8-14(19)3/h7-12,17,20H,6H2,1-5H3. The molecule has 24 heavy (non-hydrogen) atoms. The molecular weight excluding hydrogens is 322 g/mol. The lowest BCUT2D eigenvalue weighted by molar-refractivity contribution is 0.411. The van der Waals surface area contributed by atoms with Crippen molar-refractivity contribution in [1.82, 2.24) is 4.72 Å². The number of hydrogen-bond acceptors (Lipinski definition) is 3. The van der Waals surface area contributed by atoms with Crippen molar-refractivity contribution in [2.24, 2.45) is 0 Å². The summed E-state index contributed by atoms with van der Waals surface area (Å²) in [5.41, 5.74) is 3.59. The number of rotatable bonds is 6. The number of aryl methyl sites for hydroxylation is 3. The average Bonchev–Trinajstić information content (AvgIpc) is 2.54. The van der Waals surface area contributed by atoms with Crippen molar-refractivity contribution in [1.29, 1.82) is 0 Å². The molecule has 0 aliphatic carbocycles. The zero-order valence-corrected chi connectivity index (χ0v) is 15.7. The number of benzene rings is 2. The first-order valence-electron chi connectivity index (χ1n) is 8.02. The molecule has 0 bridgehead atoms. The van der Waals surface area contributed by atoms with E-state index in [1.54, 1.807) is 13.2 Å². The van der Waals surface area contributed by atoms with Gasteiger partial charge in [-0.25, -0.2) is 13.1 Å². The number of methoxy groups -OCH3 is 1. The van der Waals surface area contributed by atoms with E-state index < -0.39 is 10.0 Å². The van der Waals surface area contributed by atoms with E-state index in [0.29, 0.717) is 11.3 Å². The van der Waals surface area contributed by atoms with Crippen LogP contribution in [0.1, 0.15) is 41.6 Å². The fourth-order valence-corrected chi connectivity index (χ4v) is 4.39. The first-order chi connectivity index (χ1) is 11.3. The van der Waals surface area contributed by atoms with Crippen LogP contribution in [0.15, 0.2) is 41.3 Å². The first kappa shape index (κ1) is 18.5. The molecule has 0 aliphatic heterocycles. The van der Waals surface area contributed by atoms with Gasteiger partial charge in [-0.15, -0.1) is 0 Å². The third-order valence-corrected chi connectivity index (χ3v) is 5.77. The minimum atomic E-state index is -3.58. The Morgan fingerprint density at radius 2 is 1.75 bits per heavy atom. The van der Waals surface area contributed by atoms with Crippen molar-refractivity contribution in [2.75, 3.05) is 7.11 Å².